The molecule has 0 aromatic heterocycles. The van der Waals surface area contributed by atoms with Crippen LogP contribution in [0.4, 0.5) is 0 Å². The Morgan fingerprint density at radius 1 is 1.33 bits per heavy atom. The van der Waals surface area contributed by atoms with E-state index in [0.717, 1.165) is 12.8 Å². The normalized spacial score (nSPS) is 23.4. The molecule has 1 aliphatic carbocycles. The van der Waals surface area contributed by atoms with Gasteiger partial charge in [-0.15, -0.1) is 0 Å². The van der Waals surface area contributed by atoms with Gasteiger partial charge >= 0.3 is 0 Å². The first kappa shape index (κ1) is 13.3. The molecule has 100 valence electrons. The molecule has 0 aliphatic heterocycles. The van der Waals surface area contributed by atoms with Crippen LogP contribution in [0, 0.1) is 0 Å². The molecular weight excluding hydrogens is 252 g/mol. The van der Waals surface area contributed by atoms with Crippen LogP contribution < -0.4 is 15.2 Å². The van der Waals surface area contributed by atoms with E-state index in [1.54, 1.807) is 31.2 Å². The fourth-order valence-corrected chi connectivity index (χ4v) is 2.91. The quantitative estimate of drug-likeness (QED) is 0.831. The Morgan fingerprint density at radius 2 is 1.94 bits per heavy atom. The SMILES string of the molecule is CCNS(=O)(=O)c1ccc(OC2CC(N)C2)cc1. The summed E-state index contributed by atoms with van der Waals surface area (Å²) in [7, 11) is -3.38. The van der Waals surface area contributed by atoms with E-state index in [9.17, 15) is 8.42 Å². The second-order valence-electron chi connectivity index (χ2n) is 4.44. The number of hydrogen-bond donors (Lipinski definition) is 2. The van der Waals surface area contributed by atoms with E-state index in [1.807, 2.05) is 0 Å². The summed E-state index contributed by atoms with van der Waals surface area (Å²) < 4.78 is 31.5. The molecule has 18 heavy (non-hydrogen) atoms. The average molecular weight is 270 g/mol. The summed E-state index contributed by atoms with van der Waals surface area (Å²) in [5.41, 5.74) is 5.67. The van der Waals surface area contributed by atoms with E-state index in [-0.39, 0.29) is 17.0 Å². The van der Waals surface area contributed by atoms with Crippen LogP contribution in [-0.2, 0) is 10.0 Å². The van der Waals surface area contributed by atoms with E-state index in [4.69, 9.17) is 10.5 Å². The zero-order valence-corrected chi connectivity index (χ0v) is 11.1. The lowest BCUT2D eigenvalue weighted by molar-refractivity contribution is 0.101. The van der Waals surface area contributed by atoms with Crippen LogP contribution in [0.2, 0.25) is 0 Å². The maximum atomic E-state index is 11.7. The van der Waals surface area contributed by atoms with Gasteiger partial charge in [-0.25, -0.2) is 13.1 Å². The van der Waals surface area contributed by atoms with Crippen molar-refractivity contribution in [2.24, 2.45) is 5.73 Å². The average Bonchev–Trinajstić information content (AvgIpc) is 2.28. The summed E-state index contributed by atoms with van der Waals surface area (Å²) >= 11 is 0. The molecule has 0 amide bonds. The third-order valence-corrected chi connectivity index (χ3v) is 4.46. The molecule has 0 heterocycles. The molecular formula is C12H18N2O3S. The molecule has 1 aromatic carbocycles. The number of benzene rings is 1. The van der Waals surface area contributed by atoms with Gasteiger partial charge in [0.05, 0.1) is 4.90 Å². The Labute approximate surface area is 107 Å². The van der Waals surface area contributed by atoms with E-state index in [1.165, 1.54) is 0 Å². The number of nitrogens with two attached hydrogens (primary N) is 1. The predicted molar refractivity (Wildman–Crippen MR) is 68.9 cm³/mol. The smallest absolute Gasteiger partial charge is 0.240 e. The maximum Gasteiger partial charge on any atom is 0.240 e. The molecule has 1 aromatic rings. The van der Waals surface area contributed by atoms with Gasteiger partial charge in [0.25, 0.3) is 0 Å². The molecule has 0 saturated heterocycles. The van der Waals surface area contributed by atoms with Gasteiger partial charge in [0.15, 0.2) is 0 Å². The first-order chi connectivity index (χ1) is 8.51. The van der Waals surface area contributed by atoms with E-state index in [0.29, 0.717) is 12.3 Å². The van der Waals surface area contributed by atoms with Crippen molar-refractivity contribution in [1.29, 1.82) is 0 Å². The lowest BCUT2D eigenvalue weighted by atomic mass is 9.90. The molecule has 6 heteroatoms. The fourth-order valence-electron chi connectivity index (χ4n) is 1.87. The van der Waals surface area contributed by atoms with Crippen LogP contribution in [0.25, 0.3) is 0 Å². The highest BCUT2D eigenvalue weighted by Gasteiger charge is 2.27. The number of sulfonamides is 1. The largest absolute Gasteiger partial charge is 0.490 e. The Morgan fingerprint density at radius 3 is 2.44 bits per heavy atom. The lowest BCUT2D eigenvalue weighted by Gasteiger charge is -2.32. The van der Waals surface area contributed by atoms with Crippen molar-refractivity contribution >= 4 is 10.0 Å². The molecule has 0 unspecified atom stereocenters. The summed E-state index contributed by atoms with van der Waals surface area (Å²) in [6.45, 7) is 2.12. The van der Waals surface area contributed by atoms with Crippen molar-refractivity contribution in [1.82, 2.24) is 4.72 Å². The zero-order valence-electron chi connectivity index (χ0n) is 10.3. The fraction of sp³-hybridized carbons (Fsp3) is 0.500. The van der Waals surface area contributed by atoms with Crippen molar-refractivity contribution in [3.05, 3.63) is 24.3 Å². The van der Waals surface area contributed by atoms with Gasteiger partial charge in [0.2, 0.25) is 10.0 Å². The minimum absolute atomic E-state index is 0.163. The molecule has 1 fully saturated rings. The standard InChI is InChI=1S/C12H18N2O3S/c1-2-14-18(15,16)12-5-3-10(4-6-12)17-11-7-9(13)8-11/h3-6,9,11,14H,2,7-8,13H2,1H3. The third-order valence-electron chi connectivity index (χ3n) is 2.90. The number of nitrogens with one attached hydrogen (secondary N) is 1. The lowest BCUT2D eigenvalue weighted by Crippen LogP contribution is -2.43. The molecule has 1 aliphatic rings. The first-order valence-electron chi connectivity index (χ1n) is 6.03. The summed E-state index contributed by atoms with van der Waals surface area (Å²) in [6.07, 6.45) is 1.88. The van der Waals surface area contributed by atoms with Crippen molar-refractivity contribution in [3.63, 3.8) is 0 Å². The minimum Gasteiger partial charge on any atom is -0.490 e. The number of rotatable bonds is 5. The van der Waals surface area contributed by atoms with Gasteiger partial charge < -0.3 is 10.5 Å². The Bertz CT molecular complexity index is 493. The first-order valence-corrected chi connectivity index (χ1v) is 7.51. The summed E-state index contributed by atoms with van der Waals surface area (Å²) in [4.78, 5) is 0.252. The summed E-state index contributed by atoms with van der Waals surface area (Å²) in [6, 6.07) is 6.68. The maximum absolute atomic E-state index is 11.7. The Balaban J connectivity index is 2.01. The van der Waals surface area contributed by atoms with E-state index < -0.39 is 10.0 Å². The summed E-state index contributed by atoms with van der Waals surface area (Å²) in [5, 5.41) is 0. The second kappa shape index (κ2) is 5.26. The van der Waals surface area contributed by atoms with Crippen molar-refractivity contribution in [2.75, 3.05) is 6.54 Å². The van der Waals surface area contributed by atoms with Gasteiger partial charge in [0, 0.05) is 12.6 Å². The van der Waals surface area contributed by atoms with Crippen molar-refractivity contribution in [2.45, 2.75) is 36.8 Å². The van der Waals surface area contributed by atoms with Crippen LogP contribution >= 0.6 is 0 Å². The molecule has 0 spiro atoms. The molecule has 1 saturated carbocycles. The van der Waals surface area contributed by atoms with Crippen LogP contribution in [-0.4, -0.2) is 27.1 Å². The highest BCUT2D eigenvalue weighted by atomic mass is 32.2. The van der Waals surface area contributed by atoms with Crippen LogP contribution in [0.5, 0.6) is 5.75 Å². The molecule has 5 nitrogen and oxygen atoms in total. The number of ether oxygens (including phenoxy) is 1. The minimum atomic E-state index is -3.38. The van der Waals surface area contributed by atoms with E-state index in [2.05, 4.69) is 4.72 Å². The zero-order chi connectivity index (χ0) is 13.2. The topological polar surface area (TPSA) is 81.4 Å². The molecule has 0 radical (unpaired) electrons. The van der Waals surface area contributed by atoms with Gasteiger partial charge in [-0.3, -0.25) is 0 Å². The van der Waals surface area contributed by atoms with Gasteiger partial charge in [-0.2, -0.15) is 0 Å². The van der Waals surface area contributed by atoms with Gasteiger partial charge in [-0.05, 0) is 37.1 Å². The molecule has 3 N–H and O–H groups in total. The van der Waals surface area contributed by atoms with E-state index >= 15 is 0 Å². The Kier molecular flexibility index (Phi) is 3.89. The monoisotopic (exact) mass is 270 g/mol. The molecule has 0 atom stereocenters. The summed E-state index contributed by atoms with van der Waals surface area (Å²) in [5.74, 6) is 0.683. The second-order valence-corrected chi connectivity index (χ2v) is 6.21. The Hall–Kier alpha value is -1.11. The van der Waals surface area contributed by atoms with Crippen molar-refractivity contribution < 1.29 is 13.2 Å². The third kappa shape index (κ3) is 3.01. The van der Waals surface area contributed by atoms with Gasteiger partial charge in [0.1, 0.15) is 11.9 Å². The highest BCUT2D eigenvalue weighted by molar-refractivity contribution is 7.89. The van der Waals surface area contributed by atoms with Crippen molar-refractivity contribution in [3.8, 4) is 5.75 Å². The van der Waals surface area contributed by atoms with Crippen LogP contribution in [0.1, 0.15) is 19.8 Å². The van der Waals surface area contributed by atoms with Crippen LogP contribution in [0.15, 0.2) is 29.2 Å². The number of hydrogen-bond acceptors (Lipinski definition) is 4. The molecule has 0 bridgehead atoms. The molecule has 2 rings (SSSR count). The highest BCUT2D eigenvalue weighted by Crippen LogP contribution is 2.25. The predicted octanol–water partition coefficient (Wildman–Crippen LogP) is 0.853. The van der Waals surface area contributed by atoms with Crippen LogP contribution in [0.3, 0.4) is 0 Å². The van der Waals surface area contributed by atoms with Gasteiger partial charge in [-0.1, -0.05) is 6.92 Å².